The minimum atomic E-state index is -0.101. The van der Waals surface area contributed by atoms with Crippen molar-refractivity contribution in [3.8, 4) is 11.5 Å². The van der Waals surface area contributed by atoms with Crippen LogP contribution in [0, 0.1) is 0 Å². The van der Waals surface area contributed by atoms with E-state index in [1.54, 1.807) is 32.4 Å². The van der Waals surface area contributed by atoms with E-state index in [1.807, 2.05) is 17.0 Å². The third-order valence-corrected chi connectivity index (χ3v) is 4.34. The molecular formula is C20H27ClN2O3. The molecule has 6 heteroatoms. The van der Waals surface area contributed by atoms with Crippen LogP contribution in [-0.2, 0) is 11.3 Å². The summed E-state index contributed by atoms with van der Waals surface area (Å²) in [6.45, 7) is 4.65. The number of halogens is 1. The first-order valence-electron chi connectivity index (χ1n) is 8.61. The molecule has 0 unspecified atom stereocenters. The number of carbonyl (C=O) groups excluding carboxylic acids is 1. The molecule has 2 rings (SSSR count). The first kappa shape index (κ1) is 21.8. The summed E-state index contributed by atoms with van der Waals surface area (Å²) in [6.07, 6.45) is 6.16. The number of methoxy groups -OCH3 is 2. The number of anilines is 1. The molecular weight excluding hydrogens is 352 g/mol. The first-order chi connectivity index (χ1) is 12.1. The molecule has 1 aromatic carbocycles. The molecule has 0 spiro atoms. The fraction of sp³-hybridized carbons (Fsp3) is 0.400. The van der Waals surface area contributed by atoms with Gasteiger partial charge in [0.2, 0.25) is 6.54 Å². The number of nitrogens with zero attached hydrogens (tertiary/aromatic N) is 1. The normalized spacial score (nSPS) is 10.2. The number of pyridine rings is 1. The Morgan fingerprint density at radius 1 is 1.04 bits per heavy atom. The van der Waals surface area contributed by atoms with Crippen molar-refractivity contribution in [2.75, 3.05) is 19.5 Å². The Hall–Kier alpha value is -2.27. The van der Waals surface area contributed by atoms with E-state index in [4.69, 9.17) is 9.47 Å². The second-order valence-corrected chi connectivity index (χ2v) is 5.97. The molecule has 0 bridgehead atoms. The molecule has 5 nitrogen and oxygen atoms in total. The number of ether oxygens (including phenoxy) is 2. The van der Waals surface area contributed by atoms with E-state index in [0.29, 0.717) is 23.1 Å². The highest BCUT2D eigenvalue weighted by Gasteiger charge is 2.13. The van der Waals surface area contributed by atoms with Crippen LogP contribution >= 0.6 is 0 Å². The molecule has 0 radical (unpaired) electrons. The van der Waals surface area contributed by atoms with Crippen LogP contribution in [0.2, 0.25) is 0 Å². The van der Waals surface area contributed by atoms with Gasteiger partial charge in [-0.15, -0.1) is 0 Å². The summed E-state index contributed by atoms with van der Waals surface area (Å²) in [6, 6.07) is 9.49. The lowest BCUT2D eigenvalue weighted by Gasteiger charge is -2.11. The number of carbonyl (C=O) groups is 1. The summed E-state index contributed by atoms with van der Waals surface area (Å²) in [5, 5.41) is 2.88. The molecule has 0 aliphatic rings. The third kappa shape index (κ3) is 5.92. The minimum Gasteiger partial charge on any atom is -1.00 e. The Labute approximate surface area is 161 Å². The van der Waals surface area contributed by atoms with Crippen molar-refractivity contribution >= 4 is 11.6 Å². The number of benzene rings is 1. The van der Waals surface area contributed by atoms with Gasteiger partial charge in [0.1, 0.15) is 11.5 Å². The molecule has 0 aliphatic carbocycles. The van der Waals surface area contributed by atoms with Crippen LogP contribution in [0.1, 0.15) is 38.2 Å². The van der Waals surface area contributed by atoms with Gasteiger partial charge in [-0.25, -0.2) is 0 Å². The van der Waals surface area contributed by atoms with E-state index in [2.05, 4.69) is 31.3 Å². The lowest BCUT2D eigenvalue weighted by molar-refractivity contribution is -0.684. The second-order valence-electron chi connectivity index (χ2n) is 5.97. The van der Waals surface area contributed by atoms with Crippen LogP contribution in [0.5, 0.6) is 11.5 Å². The van der Waals surface area contributed by atoms with Gasteiger partial charge in [-0.2, -0.15) is 4.57 Å². The maximum absolute atomic E-state index is 12.3. The summed E-state index contributed by atoms with van der Waals surface area (Å²) >= 11 is 0. The molecule has 1 aromatic heterocycles. The number of nitrogens with one attached hydrogen (secondary N) is 1. The first-order valence-corrected chi connectivity index (χ1v) is 8.61. The van der Waals surface area contributed by atoms with Gasteiger partial charge in [0.25, 0.3) is 5.91 Å². The zero-order valence-corrected chi connectivity index (χ0v) is 16.5. The molecule has 1 amide bonds. The quantitative estimate of drug-likeness (QED) is 0.682. The predicted octanol–water partition coefficient (Wildman–Crippen LogP) is 0.538. The molecule has 0 saturated carbocycles. The van der Waals surface area contributed by atoms with Crippen LogP contribution in [-0.4, -0.2) is 20.1 Å². The van der Waals surface area contributed by atoms with Crippen LogP contribution < -0.4 is 31.8 Å². The van der Waals surface area contributed by atoms with E-state index in [9.17, 15) is 4.79 Å². The minimum absolute atomic E-state index is 0. The molecule has 1 heterocycles. The van der Waals surface area contributed by atoms with Crippen LogP contribution in [0.3, 0.4) is 0 Å². The van der Waals surface area contributed by atoms with Crippen molar-refractivity contribution in [3.05, 3.63) is 48.3 Å². The Balaban J connectivity index is 0.00000338. The van der Waals surface area contributed by atoms with Crippen molar-refractivity contribution in [3.63, 3.8) is 0 Å². The number of aromatic nitrogens is 1. The number of hydrogen-bond donors (Lipinski definition) is 1. The number of hydrogen-bond acceptors (Lipinski definition) is 3. The molecule has 142 valence electrons. The van der Waals surface area contributed by atoms with Crippen molar-refractivity contribution in [1.82, 2.24) is 0 Å². The zero-order valence-electron chi connectivity index (χ0n) is 15.8. The van der Waals surface area contributed by atoms with Gasteiger partial charge in [-0.05, 0) is 24.3 Å². The van der Waals surface area contributed by atoms with Crippen LogP contribution in [0.4, 0.5) is 5.69 Å². The highest BCUT2D eigenvalue weighted by Crippen LogP contribution is 2.25. The Kier molecular flexibility index (Phi) is 8.93. The van der Waals surface area contributed by atoms with Crippen LogP contribution in [0.25, 0.3) is 0 Å². The molecule has 0 saturated heterocycles. The summed E-state index contributed by atoms with van der Waals surface area (Å²) in [7, 11) is 3.16. The molecule has 1 N–H and O–H groups in total. The zero-order chi connectivity index (χ0) is 18.2. The van der Waals surface area contributed by atoms with Gasteiger partial charge < -0.3 is 27.2 Å². The smallest absolute Gasteiger partial charge is 0.290 e. The second kappa shape index (κ2) is 10.7. The van der Waals surface area contributed by atoms with Gasteiger partial charge in [0.05, 0.1) is 14.2 Å². The Morgan fingerprint density at radius 2 is 1.58 bits per heavy atom. The number of rotatable bonds is 8. The van der Waals surface area contributed by atoms with Crippen LogP contribution in [0.15, 0.2) is 42.7 Å². The summed E-state index contributed by atoms with van der Waals surface area (Å²) in [5.74, 6) is 1.75. The van der Waals surface area contributed by atoms with E-state index >= 15 is 0 Å². The molecule has 0 fully saturated rings. The molecule has 2 aromatic rings. The maximum Gasteiger partial charge on any atom is 0.290 e. The monoisotopic (exact) mass is 378 g/mol. The molecule has 26 heavy (non-hydrogen) atoms. The largest absolute Gasteiger partial charge is 1.00 e. The highest BCUT2D eigenvalue weighted by molar-refractivity contribution is 5.90. The van der Waals surface area contributed by atoms with Crippen molar-refractivity contribution in [1.29, 1.82) is 0 Å². The molecule has 0 atom stereocenters. The van der Waals surface area contributed by atoms with Crippen molar-refractivity contribution in [2.24, 2.45) is 0 Å². The highest BCUT2D eigenvalue weighted by atomic mass is 35.5. The van der Waals surface area contributed by atoms with Crippen molar-refractivity contribution < 1.29 is 31.2 Å². The molecule has 0 aliphatic heterocycles. The van der Waals surface area contributed by atoms with Gasteiger partial charge >= 0.3 is 0 Å². The van der Waals surface area contributed by atoms with E-state index < -0.39 is 0 Å². The van der Waals surface area contributed by atoms with Gasteiger partial charge in [-0.1, -0.05) is 13.8 Å². The van der Waals surface area contributed by atoms with E-state index in [-0.39, 0.29) is 24.9 Å². The van der Waals surface area contributed by atoms with Gasteiger partial charge in [-0.3, -0.25) is 4.79 Å². The maximum atomic E-state index is 12.3. The average Bonchev–Trinajstić information content (AvgIpc) is 2.63. The average molecular weight is 379 g/mol. The lowest BCUT2D eigenvalue weighted by atomic mass is 9.95. The standard InChI is InChI=1S/C20H26N2O3.ClH/c1-5-15(6-2)16-7-9-22(10-8-16)14-20(23)21-17-11-18(24-3)13-19(12-17)25-4;/h7-13,15H,5-6,14H2,1-4H3;1H. The summed E-state index contributed by atoms with van der Waals surface area (Å²) in [4.78, 5) is 12.3. The van der Waals surface area contributed by atoms with E-state index in [1.165, 1.54) is 5.56 Å². The number of amides is 1. The fourth-order valence-corrected chi connectivity index (χ4v) is 2.85. The van der Waals surface area contributed by atoms with Gasteiger partial charge in [0, 0.05) is 36.0 Å². The topological polar surface area (TPSA) is 51.4 Å². The predicted molar refractivity (Wildman–Crippen MR) is 98.1 cm³/mol. The van der Waals surface area contributed by atoms with E-state index in [0.717, 1.165) is 12.8 Å². The lowest BCUT2D eigenvalue weighted by Crippen LogP contribution is -3.00. The Bertz CT molecular complexity index is 678. The summed E-state index contributed by atoms with van der Waals surface area (Å²) < 4.78 is 12.3. The SMILES string of the molecule is CCC(CC)c1cc[n+](CC(=O)Nc2cc(OC)cc(OC)c2)cc1.[Cl-]. The Morgan fingerprint density at radius 3 is 2.04 bits per heavy atom. The van der Waals surface area contributed by atoms with Crippen molar-refractivity contribution in [2.45, 2.75) is 39.2 Å². The van der Waals surface area contributed by atoms with Gasteiger partial charge in [0.15, 0.2) is 12.4 Å². The fourth-order valence-electron chi connectivity index (χ4n) is 2.85. The summed E-state index contributed by atoms with van der Waals surface area (Å²) in [5.41, 5.74) is 1.97. The third-order valence-electron chi connectivity index (χ3n) is 4.34.